The number of aryl methyl sites for hydroxylation is 1. The summed E-state index contributed by atoms with van der Waals surface area (Å²) in [5.74, 6) is 2.67. The second-order valence-electron chi connectivity index (χ2n) is 19.2. The highest BCUT2D eigenvalue weighted by molar-refractivity contribution is 6.01. The summed E-state index contributed by atoms with van der Waals surface area (Å²) in [7, 11) is 0. The number of fused-ring (bicyclic) bond motifs is 4. The Morgan fingerprint density at radius 2 is 1.77 bits per heavy atom. The van der Waals surface area contributed by atoms with Gasteiger partial charge in [0.25, 0.3) is 0 Å². The lowest BCUT2D eigenvalue weighted by molar-refractivity contribution is 0.0122. The Morgan fingerprint density at radius 3 is 2.46 bits per heavy atom. The molecule has 2 aromatic carbocycles. The van der Waals surface area contributed by atoms with Gasteiger partial charge in [-0.15, -0.1) is 0 Å². The first-order valence-corrected chi connectivity index (χ1v) is 22.1. The predicted molar refractivity (Wildman–Crippen MR) is 234 cm³/mol. The van der Waals surface area contributed by atoms with E-state index < -0.39 is 11.4 Å². The SMILES string of the molecule is CCc1cccc2cc(O)cc(-c3ncc4c(N5CC6CCC(C5)N6C(=O)OC(C)(C)C)nc(OCCN5CCC6(CC5)CN(c5cc(C(C)C(C)C)on5)C6)nc4c3F)c12. The van der Waals surface area contributed by atoms with Gasteiger partial charge in [0, 0.05) is 61.9 Å². The molecular formula is C47H59FN8O5. The molecule has 3 unspecified atom stereocenters. The minimum atomic E-state index is -0.606. The maximum absolute atomic E-state index is 17.2. The molecule has 61 heavy (non-hydrogen) atoms. The van der Waals surface area contributed by atoms with Crippen LogP contribution in [0.15, 0.2) is 47.1 Å². The third kappa shape index (κ3) is 7.92. The van der Waals surface area contributed by atoms with Crippen molar-refractivity contribution in [2.45, 2.75) is 104 Å². The number of amides is 1. The zero-order chi connectivity index (χ0) is 42.8. The number of carbonyl (C=O) groups is 1. The van der Waals surface area contributed by atoms with E-state index in [9.17, 15) is 9.90 Å². The van der Waals surface area contributed by atoms with E-state index in [4.69, 9.17) is 28.9 Å². The van der Waals surface area contributed by atoms with Crippen molar-refractivity contribution in [3.63, 3.8) is 0 Å². The van der Waals surface area contributed by atoms with Crippen molar-refractivity contribution in [3.8, 4) is 23.0 Å². The third-order valence-electron chi connectivity index (χ3n) is 13.6. The zero-order valence-electron chi connectivity index (χ0n) is 36.6. The Balaban J connectivity index is 0.949. The van der Waals surface area contributed by atoms with E-state index in [0.29, 0.717) is 54.8 Å². The Labute approximate surface area is 357 Å². The Hall–Kier alpha value is -5.24. The minimum absolute atomic E-state index is 0.0291. The highest BCUT2D eigenvalue weighted by atomic mass is 19.1. The van der Waals surface area contributed by atoms with Crippen molar-refractivity contribution in [1.29, 1.82) is 0 Å². The molecule has 2 bridgehead atoms. The maximum atomic E-state index is 17.2. The molecule has 14 heteroatoms. The summed E-state index contributed by atoms with van der Waals surface area (Å²) in [5, 5.41) is 17.3. The molecule has 4 aliphatic heterocycles. The van der Waals surface area contributed by atoms with Crippen molar-refractivity contribution >= 4 is 39.4 Å². The molecule has 7 heterocycles. The lowest BCUT2D eigenvalue weighted by Crippen LogP contribution is -2.60. The number of piperazine rings is 1. The topological polar surface area (TPSA) is 133 Å². The summed E-state index contributed by atoms with van der Waals surface area (Å²) in [6.07, 6.45) is 5.91. The second kappa shape index (κ2) is 15.9. The first-order chi connectivity index (χ1) is 29.2. The standard InChI is InChI=1S/C47H59FN8O5/c1-8-30-10-9-11-31-20-34(57)21-35(39(30)31)41-40(48)42-36(23-49-41)43(54-24-32-12-13-33(25-54)56(32)45(58)60-46(5,6)7)51-44(50-42)59-19-18-53-16-14-47(15-17-53)26-55(27-47)38-22-37(61-52-38)29(4)28(2)3/h9-11,20-23,28-29,32-33,57H,8,12-19,24-27H2,1-7H3. The molecule has 0 radical (unpaired) electrons. The van der Waals surface area contributed by atoms with Crippen LogP contribution in [0.5, 0.6) is 11.8 Å². The smallest absolute Gasteiger partial charge is 0.410 e. The van der Waals surface area contributed by atoms with E-state index >= 15 is 4.39 Å². The van der Waals surface area contributed by atoms with E-state index in [2.05, 4.69) is 53.6 Å². The summed E-state index contributed by atoms with van der Waals surface area (Å²) >= 11 is 0. The molecule has 0 saturated carbocycles. The van der Waals surface area contributed by atoms with Gasteiger partial charge in [-0.2, -0.15) is 9.97 Å². The van der Waals surface area contributed by atoms with E-state index in [0.717, 1.165) is 86.2 Å². The molecule has 324 valence electrons. The molecule has 5 aromatic rings. The molecule has 4 aliphatic rings. The molecule has 13 nitrogen and oxygen atoms in total. The fourth-order valence-corrected chi connectivity index (χ4v) is 9.91. The number of ether oxygens (including phenoxy) is 2. The van der Waals surface area contributed by atoms with Gasteiger partial charge in [-0.05, 0) is 100 Å². The molecule has 1 amide bonds. The Morgan fingerprint density at radius 1 is 1.03 bits per heavy atom. The summed E-state index contributed by atoms with van der Waals surface area (Å²) in [6.45, 7) is 20.2. The minimum Gasteiger partial charge on any atom is -0.508 e. The van der Waals surface area contributed by atoms with Gasteiger partial charge in [-0.3, -0.25) is 14.8 Å². The largest absolute Gasteiger partial charge is 0.508 e. The van der Waals surface area contributed by atoms with E-state index in [1.165, 1.54) is 0 Å². The number of hydrogen-bond donors (Lipinski definition) is 1. The van der Waals surface area contributed by atoms with E-state index in [1.807, 2.05) is 43.9 Å². The van der Waals surface area contributed by atoms with Crippen molar-refractivity contribution in [2.75, 3.05) is 62.2 Å². The molecule has 0 aliphatic carbocycles. The number of halogens is 1. The monoisotopic (exact) mass is 834 g/mol. The van der Waals surface area contributed by atoms with Gasteiger partial charge in [0.15, 0.2) is 11.6 Å². The molecular weight excluding hydrogens is 776 g/mol. The van der Waals surface area contributed by atoms with Crippen molar-refractivity contribution in [1.82, 2.24) is 29.9 Å². The maximum Gasteiger partial charge on any atom is 0.410 e. The van der Waals surface area contributed by atoms with Gasteiger partial charge in [-0.1, -0.05) is 51.1 Å². The Kier molecular flexibility index (Phi) is 10.7. The van der Waals surface area contributed by atoms with Crippen LogP contribution in [0.2, 0.25) is 0 Å². The number of anilines is 2. The summed E-state index contributed by atoms with van der Waals surface area (Å²) in [6, 6.07) is 11.2. The number of phenolic OH excluding ortho intramolecular Hbond substituents is 1. The van der Waals surface area contributed by atoms with Crippen LogP contribution in [0.25, 0.3) is 32.9 Å². The number of carbonyl (C=O) groups excluding carboxylic acids is 1. The first-order valence-electron chi connectivity index (χ1n) is 22.1. The van der Waals surface area contributed by atoms with Crippen LogP contribution in [0.3, 0.4) is 0 Å². The van der Waals surface area contributed by atoms with Crippen LogP contribution in [-0.2, 0) is 11.2 Å². The van der Waals surface area contributed by atoms with Gasteiger partial charge in [0.1, 0.15) is 40.7 Å². The average Bonchev–Trinajstić information content (AvgIpc) is 3.80. The fraction of sp³-hybridized carbons (Fsp3) is 0.553. The molecule has 1 spiro atoms. The van der Waals surface area contributed by atoms with Crippen molar-refractivity contribution < 1.29 is 28.3 Å². The zero-order valence-corrected chi connectivity index (χ0v) is 36.6. The van der Waals surface area contributed by atoms with Gasteiger partial charge in [-0.25, -0.2) is 9.18 Å². The van der Waals surface area contributed by atoms with Gasteiger partial charge in [0.05, 0.1) is 17.5 Å². The molecule has 9 rings (SSSR count). The molecule has 3 atom stereocenters. The number of likely N-dealkylation sites (tertiary alicyclic amines) is 1. The number of aromatic nitrogens is 4. The number of phenols is 1. The van der Waals surface area contributed by atoms with Crippen molar-refractivity contribution in [3.05, 3.63) is 59.7 Å². The number of nitrogens with zero attached hydrogens (tertiary/aromatic N) is 8. The number of benzene rings is 2. The number of piperidine rings is 1. The Bertz CT molecular complexity index is 2420. The van der Waals surface area contributed by atoms with E-state index in [-0.39, 0.29) is 46.6 Å². The van der Waals surface area contributed by atoms with Crippen molar-refractivity contribution in [2.24, 2.45) is 11.3 Å². The molecule has 4 saturated heterocycles. The van der Waals surface area contributed by atoms with Crippen LogP contribution >= 0.6 is 0 Å². The highest BCUT2D eigenvalue weighted by Gasteiger charge is 2.47. The third-order valence-corrected chi connectivity index (χ3v) is 13.6. The second-order valence-corrected chi connectivity index (χ2v) is 19.2. The van der Waals surface area contributed by atoms with Gasteiger partial charge < -0.3 is 28.9 Å². The lowest BCUT2D eigenvalue weighted by Gasteiger charge is -2.54. The van der Waals surface area contributed by atoms with Crippen LogP contribution < -0.4 is 14.5 Å². The fourth-order valence-electron chi connectivity index (χ4n) is 9.91. The predicted octanol–water partition coefficient (Wildman–Crippen LogP) is 8.57. The van der Waals surface area contributed by atoms with Gasteiger partial charge >= 0.3 is 12.1 Å². The van der Waals surface area contributed by atoms with Crippen LogP contribution in [0.4, 0.5) is 20.8 Å². The number of hydrogen-bond acceptors (Lipinski definition) is 12. The van der Waals surface area contributed by atoms with E-state index in [1.54, 1.807) is 18.3 Å². The van der Waals surface area contributed by atoms with Crippen LogP contribution in [-0.4, -0.2) is 111 Å². The quantitative estimate of drug-likeness (QED) is 0.145. The lowest BCUT2D eigenvalue weighted by atomic mass is 9.72. The highest BCUT2D eigenvalue weighted by Crippen LogP contribution is 2.44. The number of aromatic hydroxyl groups is 1. The average molecular weight is 835 g/mol. The summed E-state index contributed by atoms with van der Waals surface area (Å²) in [4.78, 5) is 36.5. The number of rotatable bonds is 10. The first kappa shape index (κ1) is 41.1. The van der Waals surface area contributed by atoms with Crippen LogP contribution in [0.1, 0.15) is 91.4 Å². The number of pyridine rings is 1. The normalized spacial score (nSPS) is 20.8. The van der Waals surface area contributed by atoms with Gasteiger partial charge in [0.2, 0.25) is 0 Å². The molecule has 4 fully saturated rings. The molecule has 3 aromatic heterocycles. The summed E-state index contributed by atoms with van der Waals surface area (Å²) in [5.41, 5.74) is 1.41. The molecule has 1 N–H and O–H groups in total. The van der Waals surface area contributed by atoms with Crippen LogP contribution in [0, 0.1) is 17.2 Å². The summed E-state index contributed by atoms with van der Waals surface area (Å²) < 4.78 is 35.0.